The lowest BCUT2D eigenvalue weighted by molar-refractivity contribution is 0.669. The zero-order chi connectivity index (χ0) is 32.3. The van der Waals surface area contributed by atoms with E-state index in [1.54, 1.807) is 0 Å². The summed E-state index contributed by atoms with van der Waals surface area (Å²) in [5, 5.41) is 9.56. The van der Waals surface area contributed by atoms with Crippen molar-refractivity contribution in [3.63, 3.8) is 0 Å². The second-order valence-electron chi connectivity index (χ2n) is 12.5. The predicted octanol–water partition coefficient (Wildman–Crippen LogP) is 12.5. The monoisotopic (exact) mass is 624 g/mol. The number of hydrogen-bond acceptors (Lipinski definition) is 3. The smallest absolute Gasteiger partial charge is 0.160 e. The highest BCUT2D eigenvalue weighted by atomic mass is 16.3. The fourth-order valence-corrected chi connectivity index (χ4v) is 7.34. The van der Waals surface area contributed by atoms with Gasteiger partial charge in [-0.25, -0.2) is 9.97 Å². The van der Waals surface area contributed by atoms with Crippen molar-refractivity contribution in [2.24, 2.45) is 0 Å². The van der Waals surface area contributed by atoms with Gasteiger partial charge in [-0.1, -0.05) is 140 Å². The van der Waals surface area contributed by atoms with Crippen molar-refractivity contribution in [3.8, 4) is 45.0 Å². The SMILES string of the molecule is c1ccc(-c2ccc(-c3cc(-c4ccc5c(c4)c4ccccc4c4ccc6oc7ccccc7c6c45)nc(-c4ccccc4)n3)cc2)cc1. The number of nitrogens with zero attached hydrogens (tertiary/aromatic N) is 2. The molecule has 2 heterocycles. The highest BCUT2D eigenvalue weighted by molar-refractivity contribution is 6.34. The highest BCUT2D eigenvalue weighted by Gasteiger charge is 2.17. The highest BCUT2D eigenvalue weighted by Crippen LogP contribution is 2.43. The Hall–Kier alpha value is -6.58. The third kappa shape index (κ3) is 4.51. The first-order valence-corrected chi connectivity index (χ1v) is 16.6. The Balaban J connectivity index is 1.21. The van der Waals surface area contributed by atoms with Gasteiger partial charge in [0.05, 0.1) is 11.4 Å². The summed E-state index contributed by atoms with van der Waals surface area (Å²) < 4.78 is 6.34. The Kier molecular flexibility index (Phi) is 6.18. The number of rotatable bonds is 4. The normalized spacial score (nSPS) is 11.7. The first kappa shape index (κ1) is 27.5. The molecule has 0 saturated carbocycles. The van der Waals surface area contributed by atoms with E-state index in [0.717, 1.165) is 50.0 Å². The van der Waals surface area contributed by atoms with Crippen LogP contribution in [0.2, 0.25) is 0 Å². The average Bonchev–Trinajstić information content (AvgIpc) is 3.57. The quantitative estimate of drug-likeness (QED) is 0.183. The lowest BCUT2D eigenvalue weighted by Crippen LogP contribution is -1.96. The molecule has 8 aromatic carbocycles. The van der Waals surface area contributed by atoms with E-state index >= 15 is 0 Å². The molecule has 2 aromatic heterocycles. The van der Waals surface area contributed by atoms with Gasteiger partial charge >= 0.3 is 0 Å². The number of para-hydroxylation sites is 1. The van der Waals surface area contributed by atoms with Crippen molar-refractivity contribution >= 4 is 54.3 Å². The summed E-state index contributed by atoms with van der Waals surface area (Å²) in [7, 11) is 0. The van der Waals surface area contributed by atoms with Crippen LogP contribution in [-0.2, 0) is 0 Å². The van der Waals surface area contributed by atoms with E-state index < -0.39 is 0 Å². The van der Waals surface area contributed by atoms with Crippen molar-refractivity contribution in [2.45, 2.75) is 0 Å². The van der Waals surface area contributed by atoms with Gasteiger partial charge in [-0.05, 0) is 68.4 Å². The summed E-state index contributed by atoms with van der Waals surface area (Å²) in [4.78, 5) is 10.3. The molecule has 0 atom stereocenters. The molecule has 10 aromatic rings. The van der Waals surface area contributed by atoms with Crippen molar-refractivity contribution in [1.82, 2.24) is 9.97 Å². The van der Waals surface area contributed by atoms with E-state index in [1.165, 1.54) is 43.4 Å². The second kappa shape index (κ2) is 11.0. The van der Waals surface area contributed by atoms with Gasteiger partial charge < -0.3 is 4.42 Å². The maximum atomic E-state index is 6.34. The van der Waals surface area contributed by atoms with Crippen molar-refractivity contribution in [2.75, 3.05) is 0 Å². The van der Waals surface area contributed by atoms with E-state index in [4.69, 9.17) is 14.4 Å². The summed E-state index contributed by atoms with van der Waals surface area (Å²) >= 11 is 0. The minimum atomic E-state index is 0.704. The molecule has 0 aliphatic heterocycles. The van der Waals surface area contributed by atoms with Crippen LogP contribution < -0.4 is 0 Å². The van der Waals surface area contributed by atoms with E-state index in [0.29, 0.717) is 5.82 Å². The summed E-state index contributed by atoms with van der Waals surface area (Å²) in [6.45, 7) is 0. The fourth-order valence-electron chi connectivity index (χ4n) is 7.34. The van der Waals surface area contributed by atoms with Crippen LogP contribution in [0, 0.1) is 0 Å². The van der Waals surface area contributed by atoms with E-state index in [1.807, 2.05) is 30.3 Å². The molecule has 0 unspecified atom stereocenters. The second-order valence-corrected chi connectivity index (χ2v) is 12.5. The zero-order valence-electron chi connectivity index (χ0n) is 26.5. The number of benzene rings is 8. The van der Waals surface area contributed by atoms with Crippen molar-refractivity contribution < 1.29 is 4.42 Å². The van der Waals surface area contributed by atoms with Crippen LogP contribution in [0.4, 0.5) is 0 Å². The molecule has 0 saturated heterocycles. The topological polar surface area (TPSA) is 38.9 Å². The molecule has 0 fully saturated rings. The van der Waals surface area contributed by atoms with Crippen LogP contribution in [0.1, 0.15) is 0 Å². The van der Waals surface area contributed by atoms with Gasteiger partial charge in [-0.3, -0.25) is 0 Å². The zero-order valence-corrected chi connectivity index (χ0v) is 26.5. The number of furan rings is 1. The molecular weight excluding hydrogens is 597 g/mol. The van der Waals surface area contributed by atoms with Crippen molar-refractivity contribution in [3.05, 3.63) is 170 Å². The number of aromatic nitrogens is 2. The Morgan fingerprint density at radius 2 is 0.837 bits per heavy atom. The maximum Gasteiger partial charge on any atom is 0.160 e. The molecule has 0 aliphatic carbocycles. The molecule has 3 heteroatoms. The average molecular weight is 625 g/mol. The first-order valence-electron chi connectivity index (χ1n) is 16.6. The molecule has 228 valence electrons. The van der Waals surface area contributed by atoms with E-state index in [2.05, 4.69) is 140 Å². The third-order valence-corrected chi connectivity index (χ3v) is 9.68. The van der Waals surface area contributed by atoms with E-state index in [9.17, 15) is 0 Å². The molecule has 0 aliphatic rings. The van der Waals surface area contributed by atoms with Crippen LogP contribution in [0.15, 0.2) is 174 Å². The third-order valence-electron chi connectivity index (χ3n) is 9.68. The van der Waals surface area contributed by atoms with Gasteiger partial charge in [0.2, 0.25) is 0 Å². The molecule has 0 amide bonds. The molecule has 10 rings (SSSR count). The first-order chi connectivity index (χ1) is 24.3. The Bertz CT molecular complexity index is 2850. The summed E-state index contributed by atoms with van der Waals surface area (Å²) in [5.41, 5.74) is 9.02. The Morgan fingerprint density at radius 1 is 0.306 bits per heavy atom. The fraction of sp³-hybridized carbons (Fsp3) is 0. The Morgan fingerprint density at radius 3 is 1.59 bits per heavy atom. The standard InChI is InChI=1S/C46H28N2O/c1-3-11-29(12-4-1)30-19-21-31(22-20-30)40-28-41(48-46(47-40)32-13-5-2-6-14-32)33-23-24-37-39(27-33)35-16-8-7-15-34(35)36-25-26-43-45(44(36)37)38-17-9-10-18-42(38)49-43/h1-28H. The molecule has 49 heavy (non-hydrogen) atoms. The van der Waals surface area contributed by atoms with E-state index in [-0.39, 0.29) is 0 Å². The minimum Gasteiger partial charge on any atom is -0.456 e. The van der Waals surface area contributed by atoms with Crippen LogP contribution >= 0.6 is 0 Å². The van der Waals surface area contributed by atoms with Gasteiger partial charge in [0.25, 0.3) is 0 Å². The lowest BCUT2D eigenvalue weighted by Gasteiger charge is -2.14. The number of fused-ring (bicyclic) bond motifs is 10. The lowest BCUT2D eigenvalue weighted by atomic mass is 9.90. The van der Waals surface area contributed by atoms with Crippen LogP contribution in [0.25, 0.3) is 99.3 Å². The van der Waals surface area contributed by atoms with Gasteiger partial charge in [-0.15, -0.1) is 0 Å². The van der Waals surface area contributed by atoms with Crippen molar-refractivity contribution in [1.29, 1.82) is 0 Å². The molecule has 0 spiro atoms. The van der Waals surface area contributed by atoms with Crippen LogP contribution in [0.3, 0.4) is 0 Å². The molecule has 0 bridgehead atoms. The molecule has 0 N–H and O–H groups in total. The largest absolute Gasteiger partial charge is 0.456 e. The molecule has 0 radical (unpaired) electrons. The van der Waals surface area contributed by atoms with Gasteiger partial charge in [0, 0.05) is 32.8 Å². The van der Waals surface area contributed by atoms with Gasteiger partial charge in [0.1, 0.15) is 11.2 Å². The van der Waals surface area contributed by atoms with Gasteiger partial charge in [-0.2, -0.15) is 0 Å². The van der Waals surface area contributed by atoms with Gasteiger partial charge in [0.15, 0.2) is 5.82 Å². The summed E-state index contributed by atoms with van der Waals surface area (Å²) in [6.07, 6.45) is 0. The summed E-state index contributed by atoms with van der Waals surface area (Å²) in [6, 6.07) is 59.6. The maximum absolute atomic E-state index is 6.34. The summed E-state index contributed by atoms with van der Waals surface area (Å²) in [5.74, 6) is 0.704. The number of hydrogen-bond donors (Lipinski definition) is 0. The van der Waals surface area contributed by atoms with Crippen LogP contribution in [-0.4, -0.2) is 9.97 Å². The molecule has 3 nitrogen and oxygen atoms in total. The minimum absolute atomic E-state index is 0.704. The van der Waals surface area contributed by atoms with Crippen LogP contribution in [0.5, 0.6) is 0 Å². The molecular formula is C46H28N2O. The predicted molar refractivity (Wildman–Crippen MR) is 204 cm³/mol. The Labute approximate surface area is 282 Å².